The lowest BCUT2D eigenvalue weighted by molar-refractivity contribution is -0.0513. The minimum absolute atomic E-state index is 0.0256. The van der Waals surface area contributed by atoms with Gasteiger partial charge in [-0.1, -0.05) is 0 Å². The van der Waals surface area contributed by atoms with Crippen LogP contribution in [-0.2, 0) is 0 Å². The summed E-state index contributed by atoms with van der Waals surface area (Å²) in [6, 6.07) is 7.82. The monoisotopic (exact) mass is 542 g/mol. The first kappa shape index (κ1) is 26.9. The molecule has 1 saturated heterocycles. The molecule has 3 atom stereocenters. The topological polar surface area (TPSA) is 113 Å². The van der Waals surface area contributed by atoms with Crippen LogP contribution in [0.3, 0.4) is 0 Å². The number of likely N-dealkylation sites (N-methyl/N-ethyl adjacent to an activating group) is 1. The molecule has 0 bridgehead atoms. The van der Waals surface area contributed by atoms with E-state index in [0.29, 0.717) is 55.0 Å². The van der Waals surface area contributed by atoms with E-state index in [9.17, 15) is 23.5 Å². The highest BCUT2D eigenvalue weighted by Gasteiger charge is 2.40. The number of likely N-dealkylation sites (tertiary alicyclic amines) is 1. The van der Waals surface area contributed by atoms with E-state index in [2.05, 4.69) is 24.9 Å². The van der Waals surface area contributed by atoms with Gasteiger partial charge in [0.25, 0.3) is 11.5 Å². The van der Waals surface area contributed by atoms with Gasteiger partial charge in [0, 0.05) is 42.0 Å². The van der Waals surface area contributed by atoms with Crippen molar-refractivity contribution in [2.75, 3.05) is 32.5 Å². The third-order valence-corrected chi connectivity index (χ3v) is 7.72. The molecule has 5 rings (SSSR count). The predicted molar refractivity (Wildman–Crippen MR) is 142 cm³/mol. The van der Waals surface area contributed by atoms with Crippen molar-refractivity contribution in [3.63, 3.8) is 0 Å². The van der Waals surface area contributed by atoms with Gasteiger partial charge in [-0.15, -0.1) is 0 Å². The normalized spacial score (nSPS) is 23.2. The highest BCUT2D eigenvalue weighted by molar-refractivity contribution is 5.94. The van der Waals surface area contributed by atoms with Crippen LogP contribution in [0.15, 0.2) is 41.3 Å². The molecule has 2 N–H and O–H groups in total. The number of benzene rings is 1. The summed E-state index contributed by atoms with van der Waals surface area (Å²) in [5.74, 6) is -0.384. The van der Waals surface area contributed by atoms with E-state index < -0.39 is 29.6 Å². The fraction of sp³-hybridized carbons (Fsp3) is 0.481. The zero-order valence-corrected chi connectivity index (χ0v) is 22.1. The highest BCUT2D eigenvalue weighted by Crippen LogP contribution is 2.40. The lowest BCUT2D eigenvalue weighted by Crippen LogP contribution is -2.38. The maximum Gasteiger partial charge on any atom is 0.387 e. The van der Waals surface area contributed by atoms with E-state index in [1.807, 2.05) is 19.0 Å². The third kappa shape index (κ3) is 5.44. The molecule has 3 heterocycles. The number of alkyl halides is 2. The van der Waals surface area contributed by atoms with E-state index in [1.165, 1.54) is 16.8 Å². The van der Waals surface area contributed by atoms with Crippen molar-refractivity contribution in [3.8, 4) is 5.75 Å². The average molecular weight is 543 g/mol. The van der Waals surface area contributed by atoms with Crippen LogP contribution in [-0.4, -0.2) is 80.8 Å². The van der Waals surface area contributed by atoms with Crippen LogP contribution >= 0.6 is 0 Å². The number of carbonyl (C=O) groups is 1. The van der Waals surface area contributed by atoms with Gasteiger partial charge in [-0.3, -0.25) is 14.2 Å². The Bertz CT molecular complexity index is 1430. The summed E-state index contributed by atoms with van der Waals surface area (Å²) in [5.41, 5.74) is -0.618. The summed E-state index contributed by atoms with van der Waals surface area (Å²) in [5, 5.41) is 14.3. The predicted octanol–water partition coefficient (Wildman–Crippen LogP) is 3.39. The molecule has 1 unspecified atom stereocenters. The van der Waals surface area contributed by atoms with Gasteiger partial charge in [0.2, 0.25) is 5.95 Å². The molecule has 208 valence electrons. The molecule has 0 spiro atoms. The zero-order valence-electron chi connectivity index (χ0n) is 22.1. The molecule has 39 heavy (non-hydrogen) atoms. The molecule has 1 amide bonds. The molecule has 0 radical (unpaired) electrons. The number of rotatable bonds is 7. The number of amides is 1. The minimum atomic E-state index is -3.18. The number of hydrogen-bond donors (Lipinski definition) is 2. The van der Waals surface area contributed by atoms with E-state index in [4.69, 9.17) is 0 Å². The first-order chi connectivity index (χ1) is 18.5. The number of anilines is 2. The molecular formula is C27H32F2N6O4. The van der Waals surface area contributed by atoms with Crippen molar-refractivity contribution < 1.29 is 23.4 Å². The molecule has 12 heteroatoms. The molecule has 1 saturated carbocycles. The van der Waals surface area contributed by atoms with Crippen molar-refractivity contribution in [2.24, 2.45) is 0 Å². The van der Waals surface area contributed by atoms with Crippen molar-refractivity contribution >= 4 is 28.6 Å². The van der Waals surface area contributed by atoms with Crippen molar-refractivity contribution in [3.05, 3.63) is 52.4 Å². The maximum atomic E-state index is 13.2. The van der Waals surface area contributed by atoms with Crippen molar-refractivity contribution in [1.29, 1.82) is 0 Å². The van der Waals surface area contributed by atoms with Gasteiger partial charge in [0.1, 0.15) is 5.65 Å². The molecule has 2 aromatic heterocycles. The molecule has 1 aliphatic heterocycles. The molecular weight excluding hydrogens is 510 g/mol. The van der Waals surface area contributed by atoms with Crippen molar-refractivity contribution in [2.45, 2.75) is 56.9 Å². The number of hydrogen-bond acceptors (Lipinski definition) is 8. The number of aliphatic hydroxyl groups is 1. The minimum Gasteiger partial charge on any atom is -0.429 e. The van der Waals surface area contributed by atoms with Crippen LogP contribution in [0.5, 0.6) is 5.75 Å². The molecule has 3 aromatic rings. The largest absolute Gasteiger partial charge is 0.429 e. The number of aromatic nitrogens is 3. The van der Waals surface area contributed by atoms with Gasteiger partial charge in [0.15, 0.2) is 5.75 Å². The number of carbonyl (C=O) groups excluding carboxylic acids is 1. The summed E-state index contributed by atoms with van der Waals surface area (Å²) in [7, 11) is 4.03. The SMILES string of the molecule is CN(C)C1CCN(C(=O)c2ccc(Nc3ncc4cc(OC(F)F)c(=O)n([C@@H]5CCC[C@@]5(C)O)c4n3)cc2)C1. The highest BCUT2D eigenvalue weighted by atomic mass is 19.3. The van der Waals surface area contributed by atoms with E-state index >= 15 is 0 Å². The molecule has 1 aliphatic carbocycles. The van der Waals surface area contributed by atoms with Crippen LogP contribution < -0.4 is 15.6 Å². The Labute approximate surface area is 224 Å². The van der Waals surface area contributed by atoms with Gasteiger partial charge >= 0.3 is 6.61 Å². The Kier molecular flexibility index (Phi) is 7.25. The fourth-order valence-corrected chi connectivity index (χ4v) is 5.52. The van der Waals surface area contributed by atoms with Gasteiger partial charge in [-0.05, 0) is 77.0 Å². The van der Waals surface area contributed by atoms with Gasteiger partial charge in [-0.2, -0.15) is 13.8 Å². The van der Waals surface area contributed by atoms with E-state index in [0.717, 1.165) is 6.42 Å². The summed E-state index contributed by atoms with van der Waals surface area (Å²) in [6.45, 7) is -0.151. The average Bonchev–Trinajstić information content (AvgIpc) is 3.51. The third-order valence-electron chi connectivity index (χ3n) is 7.72. The Morgan fingerprint density at radius 1 is 1.26 bits per heavy atom. The molecule has 10 nitrogen and oxygen atoms in total. The van der Waals surface area contributed by atoms with Crippen LogP contribution in [0.1, 0.15) is 49.0 Å². The van der Waals surface area contributed by atoms with E-state index in [1.54, 1.807) is 31.2 Å². The standard InChI is InChI=1S/C27H32F2N6O4/c1-27(38)11-4-5-21(27)35-22-17(13-20(24(35)37)39-25(28)29)14-30-26(32-22)31-18-8-6-16(7-9-18)23(36)34-12-10-19(15-34)33(2)3/h6-9,13-14,19,21,25,38H,4-5,10-12,15H2,1-3H3,(H,30,31,32)/t19?,21-,27-/m1/s1. The fourth-order valence-electron chi connectivity index (χ4n) is 5.52. The first-order valence-electron chi connectivity index (χ1n) is 13.0. The Balaban J connectivity index is 1.42. The van der Waals surface area contributed by atoms with Crippen LogP contribution in [0.25, 0.3) is 11.0 Å². The van der Waals surface area contributed by atoms with E-state index in [-0.39, 0.29) is 17.5 Å². The molecule has 1 aromatic carbocycles. The Morgan fingerprint density at radius 3 is 2.62 bits per heavy atom. The van der Waals surface area contributed by atoms with Gasteiger partial charge in [0.05, 0.1) is 11.6 Å². The van der Waals surface area contributed by atoms with Crippen LogP contribution in [0.2, 0.25) is 0 Å². The number of pyridine rings is 1. The Hall–Kier alpha value is -3.64. The summed E-state index contributed by atoms with van der Waals surface area (Å²) in [4.78, 5) is 38.9. The number of nitrogens with one attached hydrogen (secondary N) is 1. The first-order valence-corrected chi connectivity index (χ1v) is 13.0. The second-order valence-corrected chi connectivity index (χ2v) is 10.7. The van der Waals surface area contributed by atoms with Crippen molar-refractivity contribution in [1.82, 2.24) is 24.3 Å². The molecule has 2 fully saturated rings. The zero-order chi connectivity index (χ0) is 27.9. The second-order valence-electron chi connectivity index (χ2n) is 10.7. The lowest BCUT2D eigenvalue weighted by atomic mass is 10.00. The summed E-state index contributed by atoms with van der Waals surface area (Å²) in [6.07, 6.45) is 3.96. The summed E-state index contributed by atoms with van der Waals surface area (Å²) >= 11 is 0. The maximum absolute atomic E-state index is 13.2. The number of nitrogens with zero attached hydrogens (tertiary/aromatic N) is 5. The van der Waals surface area contributed by atoms with Crippen LogP contribution in [0, 0.1) is 0 Å². The molecule has 2 aliphatic rings. The van der Waals surface area contributed by atoms with Gasteiger partial charge < -0.3 is 25.0 Å². The smallest absolute Gasteiger partial charge is 0.387 e. The number of ether oxygens (including phenoxy) is 1. The lowest BCUT2D eigenvalue weighted by Gasteiger charge is -2.28. The summed E-state index contributed by atoms with van der Waals surface area (Å²) < 4.78 is 31.7. The van der Waals surface area contributed by atoms with Crippen LogP contribution in [0.4, 0.5) is 20.4 Å². The van der Waals surface area contributed by atoms with Gasteiger partial charge in [-0.25, -0.2) is 4.98 Å². The number of fused-ring (bicyclic) bond motifs is 1. The quantitative estimate of drug-likeness (QED) is 0.467. The Morgan fingerprint density at radius 2 is 2.00 bits per heavy atom. The second kappa shape index (κ2) is 10.5. The number of halogens is 2.